The minimum atomic E-state index is -0.321. The van der Waals surface area contributed by atoms with Gasteiger partial charge in [0.2, 0.25) is 0 Å². The Balaban J connectivity index is 2.92. The molecule has 0 bridgehead atoms. The van der Waals surface area contributed by atoms with Gasteiger partial charge < -0.3 is 10.1 Å². The Morgan fingerprint density at radius 1 is 1.39 bits per heavy atom. The van der Waals surface area contributed by atoms with Crippen LogP contribution < -0.4 is 5.32 Å². The fourth-order valence-corrected chi connectivity index (χ4v) is 1.71. The van der Waals surface area contributed by atoms with Gasteiger partial charge in [-0.25, -0.2) is 4.79 Å². The van der Waals surface area contributed by atoms with E-state index in [1.807, 2.05) is 25.1 Å². The number of hydrogen-bond donors (Lipinski definition) is 1. The summed E-state index contributed by atoms with van der Waals surface area (Å²) in [6.07, 6.45) is 1.73. The number of esters is 1. The van der Waals surface area contributed by atoms with Gasteiger partial charge in [-0.3, -0.25) is 0 Å². The van der Waals surface area contributed by atoms with Crippen LogP contribution in [-0.2, 0) is 9.53 Å². The van der Waals surface area contributed by atoms with E-state index in [0.717, 1.165) is 5.69 Å². The van der Waals surface area contributed by atoms with Crippen LogP contribution in [0.15, 0.2) is 36.0 Å². The van der Waals surface area contributed by atoms with E-state index in [-0.39, 0.29) is 5.97 Å². The Kier molecular flexibility index (Phi) is 5.43. The van der Waals surface area contributed by atoms with E-state index in [1.54, 1.807) is 13.0 Å². The lowest BCUT2D eigenvalue weighted by Crippen LogP contribution is -2.15. The van der Waals surface area contributed by atoms with E-state index in [0.29, 0.717) is 18.2 Å². The molecule has 0 unspecified atom stereocenters. The number of benzene rings is 1. The molecule has 0 fully saturated rings. The van der Waals surface area contributed by atoms with Crippen molar-refractivity contribution in [3.8, 4) is 0 Å². The van der Waals surface area contributed by atoms with Gasteiger partial charge >= 0.3 is 5.97 Å². The van der Waals surface area contributed by atoms with E-state index in [1.165, 1.54) is 5.56 Å². The third kappa shape index (κ3) is 3.62. The molecule has 3 heteroatoms. The SMILES string of the molecule is CC=C(Nc1ccccc1C(C)C)C(=O)OCC. The number of anilines is 1. The van der Waals surface area contributed by atoms with Crippen molar-refractivity contribution < 1.29 is 9.53 Å². The summed E-state index contributed by atoms with van der Waals surface area (Å²) < 4.78 is 5.00. The predicted molar refractivity (Wildman–Crippen MR) is 74.5 cm³/mol. The topological polar surface area (TPSA) is 38.3 Å². The average Bonchev–Trinajstić information content (AvgIpc) is 2.36. The molecule has 0 aliphatic rings. The Labute approximate surface area is 109 Å². The van der Waals surface area contributed by atoms with Crippen molar-refractivity contribution in [1.82, 2.24) is 0 Å². The first-order valence-electron chi connectivity index (χ1n) is 6.29. The highest BCUT2D eigenvalue weighted by Crippen LogP contribution is 2.24. The van der Waals surface area contributed by atoms with Gasteiger partial charge in [0.15, 0.2) is 0 Å². The highest BCUT2D eigenvalue weighted by molar-refractivity contribution is 5.92. The number of carbonyl (C=O) groups excluding carboxylic acids is 1. The predicted octanol–water partition coefficient (Wildman–Crippen LogP) is 3.69. The number of nitrogens with one attached hydrogen (secondary N) is 1. The molecule has 0 spiro atoms. The second-order valence-electron chi connectivity index (χ2n) is 4.29. The van der Waals surface area contributed by atoms with Gasteiger partial charge in [0, 0.05) is 5.69 Å². The third-order valence-corrected chi connectivity index (χ3v) is 2.64. The molecule has 0 aromatic heterocycles. The molecule has 0 saturated heterocycles. The summed E-state index contributed by atoms with van der Waals surface area (Å²) in [5.74, 6) is 0.0764. The van der Waals surface area contributed by atoms with Crippen LogP contribution in [0, 0.1) is 0 Å². The molecule has 0 saturated carbocycles. The molecule has 0 heterocycles. The Bertz CT molecular complexity index is 436. The summed E-state index contributed by atoms with van der Waals surface area (Å²) >= 11 is 0. The van der Waals surface area contributed by atoms with Crippen LogP contribution in [0.5, 0.6) is 0 Å². The first kappa shape index (κ1) is 14.3. The minimum absolute atomic E-state index is 0.321. The Morgan fingerprint density at radius 2 is 2.06 bits per heavy atom. The number of allylic oxidation sites excluding steroid dienone is 1. The van der Waals surface area contributed by atoms with Gasteiger partial charge in [-0.05, 0) is 31.4 Å². The molecular formula is C15H21NO2. The molecule has 0 radical (unpaired) electrons. The van der Waals surface area contributed by atoms with Gasteiger partial charge in [-0.15, -0.1) is 0 Å². The van der Waals surface area contributed by atoms with Crippen LogP contribution in [0.2, 0.25) is 0 Å². The highest BCUT2D eigenvalue weighted by atomic mass is 16.5. The summed E-state index contributed by atoms with van der Waals surface area (Å²) in [6, 6.07) is 7.98. The van der Waals surface area contributed by atoms with Crippen molar-refractivity contribution in [3.63, 3.8) is 0 Å². The number of para-hydroxylation sites is 1. The fourth-order valence-electron chi connectivity index (χ4n) is 1.71. The second kappa shape index (κ2) is 6.84. The van der Waals surface area contributed by atoms with Gasteiger partial charge in [0.1, 0.15) is 5.70 Å². The molecule has 98 valence electrons. The molecule has 1 N–H and O–H groups in total. The van der Waals surface area contributed by atoms with Crippen molar-refractivity contribution in [2.75, 3.05) is 11.9 Å². The maximum absolute atomic E-state index is 11.7. The zero-order valence-corrected chi connectivity index (χ0v) is 11.5. The molecule has 18 heavy (non-hydrogen) atoms. The summed E-state index contributed by atoms with van der Waals surface area (Å²) in [7, 11) is 0. The van der Waals surface area contributed by atoms with E-state index in [2.05, 4.69) is 25.2 Å². The monoisotopic (exact) mass is 247 g/mol. The summed E-state index contributed by atoms with van der Waals surface area (Å²) in [6.45, 7) is 8.24. The van der Waals surface area contributed by atoms with E-state index in [4.69, 9.17) is 4.74 Å². The molecule has 0 aliphatic heterocycles. The standard InChI is InChI=1S/C15H21NO2/c1-5-13(15(17)18-6-2)16-14-10-8-7-9-12(14)11(3)4/h5,7-11,16H,6H2,1-4H3. The lowest BCUT2D eigenvalue weighted by Gasteiger charge is -2.15. The van der Waals surface area contributed by atoms with Gasteiger partial charge in [0.25, 0.3) is 0 Å². The normalized spacial score (nSPS) is 11.5. The maximum Gasteiger partial charge on any atom is 0.354 e. The maximum atomic E-state index is 11.7. The third-order valence-electron chi connectivity index (χ3n) is 2.64. The number of rotatable bonds is 5. The quantitative estimate of drug-likeness (QED) is 0.637. The fraction of sp³-hybridized carbons (Fsp3) is 0.400. The average molecular weight is 247 g/mol. The first-order valence-corrected chi connectivity index (χ1v) is 6.29. The molecule has 3 nitrogen and oxygen atoms in total. The Hall–Kier alpha value is -1.77. The largest absolute Gasteiger partial charge is 0.461 e. The van der Waals surface area contributed by atoms with Crippen LogP contribution in [0.25, 0.3) is 0 Å². The second-order valence-corrected chi connectivity index (χ2v) is 4.29. The lowest BCUT2D eigenvalue weighted by atomic mass is 10.0. The lowest BCUT2D eigenvalue weighted by molar-refractivity contribution is -0.138. The number of carbonyl (C=O) groups is 1. The Morgan fingerprint density at radius 3 is 2.61 bits per heavy atom. The van der Waals surface area contributed by atoms with Crippen LogP contribution in [0.3, 0.4) is 0 Å². The van der Waals surface area contributed by atoms with Crippen LogP contribution in [0.4, 0.5) is 5.69 Å². The van der Waals surface area contributed by atoms with Crippen molar-refractivity contribution in [1.29, 1.82) is 0 Å². The van der Waals surface area contributed by atoms with E-state index in [9.17, 15) is 4.79 Å². The highest BCUT2D eigenvalue weighted by Gasteiger charge is 2.12. The van der Waals surface area contributed by atoms with Crippen LogP contribution in [-0.4, -0.2) is 12.6 Å². The zero-order chi connectivity index (χ0) is 13.5. The molecule has 0 aliphatic carbocycles. The summed E-state index contributed by atoms with van der Waals surface area (Å²) in [5.41, 5.74) is 2.61. The zero-order valence-electron chi connectivity index (χ0n) is 11.5. The molecule has 1 rings (SSSR count). The van der Waals surface area contributed by atoms with Gasteiger partial charge in [0.05, 0.1) is 6.61 Å². The van der Waals surface area contributed by atoms with Crippen molar-refractivity contribution in [2.45, 2.75) is 33.6 Å². The number of hydrogen-bond acceptors (Lipinski definition) is 3. The molecular weight excluding hydrogens is 226 g/mol. The van der Waals surface area contributed by atoms with Crippen molar-refractivity contribution >= 4 is 11.7 Å². The summed E-state index contributed by atoms with van der Waals surface area (Å²) in [5, 5.41) is 3.15. The van der Waals surface area contributed by atoms with Crippen molar-refractivity contribution in [2.24, 2.45) is 0 Å². The van der Waals surface area contributed by atoms with Crippen LogP contribution >= 0.6 is 0 Å². The summed E-state index contributed by atoms with van der Waals surface area (Å²) in [4.78, 5) is 11.7. The van der Waals surface area contributed by atoms with Gasteiger partial charge in [-0.1, -0.05) is 38.1 Å². The smallest absolute Gasteiger partial charge is 0.354 e. The molecule has 1 aromatic rings. The number of ether oxygens (including phenoxy) is 1. The molecule has 1 aromatic carbocycles. The minimum Gasteiger partial charge on any atom is -0.461 e. The van der Waals surface area contributed by atoms with Gasteiger partial charge in [-0.2, -0.15) is 0 Å². The molecule has 0 atom stereocenters. The van der Waals surface area contributed by atoms with Crippen molar-refractivity contribution in [3.05, 3.63) is 41.6 Å². The first-order chi connectivity index (χ1) is 8.60. The molecule has 0 amide bonds. The van der Waals surface area contributed by atoms with Crippen LogP contribution in [0.1, 0.15) is 39.2 Å². The van der Waals surface area contributed by atoms with E-state index < -0.39 is 0 Å². The van der Waals surface area contributed by atoms with E-state index >= 15 is 0 Å².